The fraction of sp³-hybridized carbons (Fsp3) is 0.500. The van der Waals surface area contributed by atoms with Crippen molar-refractivity contribution in [3.05, 3.63) is 23.2 Å². The van der Waals surface area contributed by atoms with Gasteiger partial charge in [-0.25, -0.2) is 0 Å². The van der Waals surface area contributed by atoms with Gasteiger partial charge in [0.15, 0.2) is 0 Å². The van der Waals surface area contributed by atoms with Crippen LogP contribution in [0.25, 0.3) is 0 Å². The van der Waals surface area contributed by atoms with Gasteiger partial charge in [0, 0.05) is 11.6 Å². The molecule has 3 N–H and O–H groups in total. The molecule has 3 nitrogen and oxygen atoms in total. The third kappa shape index (κ3) is 3.58. The summed E-state index contributed by atoms with van der Waals surface area (Å²) < 4.78 is 5.25. The predicted octanol–water partition coefficient (Wildman–Crippen LogP) is 2.75. The fourth-order valence-corrected chi connectivity index (χ4v) is 1.64. The zero-order chi connectivity index (χ0) is 12.0. The van der Waals surface area contributed by atoms with Gasteiger partial charge in [0.2, 0.25) is 0 Å². The Bertz CT molecular complexity index is 327. The van der Waals surface area contributed by atoms with E-state index >= 15 is 0 Å². The molecule has 0 saturated carbocycles. The molecule has 1 atom stereocenters. The molecule has 0 saturated heterocycles. The van der Waals surface area contributed by atoms with Crippen molar-refractivity contribution < 1.29 is 4.74 Å². The molecular formula is C12H19ClN2O. The number of halogens is 1. The van der Waals surface area contributed by atoms with E-state index in [0.717, 1.165) is 24.4 Å². The molecule has 1 unspecified atom stereocenters. The van der Waals surface area contributed by atoms with Gasteiger partial charge in [-0.2, -0.15) is 0 Å². The predicted molar refractivity (Wildman–Crippen MR) is 69.3 cm³/mol. The molecule has 0 aliphatic carbocycles. The van der Waals surface area contributed by atoms with Crippen LogP contribution in [0, 0.1) is 5.92 Å². The lowest BCUT2D eigenvalue weighted by atomic mass is 10.1. The van der Waals surface area contributed by atoms with Crippen molar-refractivity contribution >= 4 is 17.3 Å². The number of methoxy groups -OCH3 is 1. The first-order chi connectivity index (χ1) is 7.71. The van der Waals surface area contributed by atoms with Crippen molar-refractivity contribution in [3.8, 4) is 5.75 Å². The molecular weight excluding hydrogens is 224 g/mol. The van der Waals surface area contributed by atoms with Crippen molar-refractivity contribution in [2.24, 2.45) is 11.7 Å². The van der Waals surface area contributed by atoms with Gasteiger partial charge in [-0.1, -0.05) is 24.9 Å². The maximum atomic E-state index is 5.94. The number of hydrogen-bond donors (Lipinski definition) is 2. The Hall–Kier alpha value is -0.930. The minimum Gasteiger partial charge on any atom is -0.495 e. The van der Waals surface area contributed by atoms with Crippen LogP contribution in [0.5, 0.6) is 5.75 Å². The molecule has 0 aliphatic rings. The molecule has 1 aromatic rings. The zero-order valence-electron chi connectivity index (χ0n) is 9.79. The van der Waals surface area contributed by atoms with Crippen molar-refractivity contribution in [2.75, 3.05) is 25.5 Å². The first-order valence-corrected chi connectivity index (χ1v) is 5.86. The van der Waals surface area contributed by atoms with Gasteiger partial charge in [0.1, 0.15) is 5.75 Å². The highest BCUT2D eigenvalue weighted by molar-refractivity contribution is 6.30. The highest BCUT2D eigenvalue weighted by Crippen LogP contribution is 2.27. The molecule has 90 valence electrons. The monoisotopic (exact) mass is 242 g/mol. The maximum absolute atomic E-state index is 5.94. The van der Waals surface area contributed by atoms with Crippen LogP contribution in [0.2, 0.25) is 5.02 Å². The molecule has 1 rings (SSSR count). The van der Waals surface area contributed by atoms with Crippen molar-refractivity contribution in [2.45, 2.75) is 13.3 Å². The Morgan fingerprint density at radius 2 is 2.25 bits per heavy atom. The molecule has 1 aromatic carbocycles. The SMILES string of the molecule is CCC(CN)CNc1cc(Cl)ccc1OC. The number of ether oxygens (including phenoxy) is 1. The summed E-state index contributed by atoms with van der Waals surface area (Å²) >= 11 is 5.94. The van der Waals surface area contributed by atoms with Crippen LogP contribution >= 0.6 is 11.6 Å². The average molecular weight is 243 g/mol. The molecule has 0 bridgehead atoms. The summed E-state index contributed by atoms with van der Waals surface area (Å²) in [5, 5.41) is 4.02. The topological polar surface area (TPSA) is 47.3 Å². The van der Waals surface area contributed by atoms with E-state index in [1.807, 2.05) is 18.2 Å². The quantitative estimate of drug-likeness (QED) is 0.807. The summed E-state index contributed by atoms with van der Waals surface area (Å²) in [6.07, 6.45) is 1.06. The van der Waals surface area contributed by atoms with Crippen LogP contribution in [0.3, 0.4) is 0 Å². The van der Waals surface area contributed by atoms with E-state index in [4.69, 9.17) is 22.1 Å². The van der Waals surface area contributed by atoms with Crippen LogP contribution in [0.15, 0.2) is 18.2 Å². The third-order valence-corrected chi connectivity index (χ3v) is 2.89. The summed E-state index contributed by atoms with van der Waals surface area (Å²) in [5.74, 6) is 1.28. The summed E-state index contributed by atoms with van der Waals surface area (Å²) in [7, 11) is 1.65. The van der Waals surface area contributed by atoms with Crippen LogP contribution in [0.4, 0.5) is 5.69 Å². The molecule has 0 radical (unpaired) electrons. The lowest BCUT2D eigenvalue weighted by Gasteiger charge is -2.16. The first kappa shape index (κ1) is 13.1. The minimum absolute atomic E-state index is 0.476. The normalized spacial score (nSPS) is 12.2. The van der Waals surface area contributed by atoms with Gasteiger partial charge in [0.25, 0.3) is 0 Å². The maximum Gasteiger partial charge on any atom is 0.142 e. The van der Waals surface area contributed by atoms with Crippen molar-refractivity contribution in [3.63, 3.8) is 0 Å². The summed E-state index contributed by atoms with van der Waals surface area (Å²) in [6, 6.07) is 5.53. The smallest absolute Gasteiger partial charge is 0.142 e. The lowest BCUT2D eigenvalue weighted by Crippen LogP contribution is -2.22. The zero-order valence-corrected chi connectivity index (χ0v) is 10.6. The molecule has 4 heteroatoms. The van der Waals surface area contributed by atoms with Gasteiger partial charge < -0.3 is 15.8 Å². The van der Waals surface area contributed by atoms with E-state index in [-0.39, 0.29) is 0 Å². The molecule has 0 fully saturated rings. The second kappa shape index (κ2) is 6.61. The van der Waals surface area contributed by atoms with E-state index in [1.54, 1.807) is 7.11 Å². The summed E-state index contributed by atoms with van der Waals surface area (Å²) in [4.78, 5) is 0. The van der Waals surface area contributed by atoms with Crippen molar-refractivity contribution in [1.82, 2.24) is 0 Å². The Morgan fingerprint density at radius 3 is 2.81 bits per heavy atom. The van der Waals surface area contributed by atoms with Crippen LogP contribution in [-0.4, -0.2) is 20.2 Å². The van der Waals surface area contributed by atoms with E-state index in [0.29, 0.717) is 17.5 Å². The molecule has 0 aliphatic heterocycles. The van der Waals surface area contributed by atoms with E-state index in [9.17, 15) is 0 Å². The number of hydrogen-bond acceptors (Lipinski definition) is 3. The fourth-order valence-electron chi connectivity index (χ4n) is 1.47. The number of nitrogens with two attached hydrogens (primary N) is 1. The third-order valence-electron chi connectivity index (χ3n) is 2.65. The molecule has 0 amide bonds. The molecule has 16 heavy (non-hydrogen) atoms. The number of rotatable bonds is 6. The molecule has 0 heterocycles. The number of anilines is 1. The van der Waals surface area contributed by atoms with E-state index in [2.05, 4.69) is 12.2 Å². The average Bonchev–Trinajstić information content (AvgIpc) is 2.30. The van der Waals surface area contributed by atoms with Crippen LogP contribution in [0.1, 0.15) is 13.3 Å². The Labute approximate surface area is 102 Å². The number of nitrogens with one attached hydrogen (secondary N) is 1. The molecule has 0 aromatic heterocycles. The number of benzene rings is 1. The first-order valence-electron chi connectivity index (χ1n) is 5.48. The van der Waals surface area contributed by atoms with Gasteiger partial charge in [-0.15, -0.1) is 0 Å². The summed E-state index contributed by atoms with van der Waals surface area (Å²) in [6.45, 7) is 3.66. The largest absolute Gasteiger partial charge is 0.495 e. The van der Waals surface area contributed by atoms with Gasteiger partial charge in [-0.3, -0.25) is 0 Å². The Kier molecular flexibility index (Phi) is 5.43. The summed E-state index contributed by atoms with van der Waals surface area (Å²) in [5.41, 5.74) is 6.57. The van der Waals surface area contributed by atoms with Crippen molar-refractivity contribution in [1.29, 1.82) is 0 Å². The van der Waals surface area contributed by atoms with Gasteiger partial charge in [0.05, 0.1) is 12.8 Å². The Morgan fingerprint density at radius 1 is 1.50 bits per heavy atom. The van der Waals surface area contributed by atoms with Gasteiger partial charge >= 0.3 is 0 Å². The van der Waals surface area contributed by atoms with Gasteiger partial charge in [-0.05, 0) is 30.7 Å². The standard InChI is InChI=1S/C12H19ClN2O/c1-3-9(7-14)8-15-11-6-10(13)4-5-12(11)16-2/h4-6,9,15H,3,7-8,14H2,1-2H3. The lowest BCUT2D eigenvalue weighted by molar-refractivity contribution is 0.416. The van der Waals surface area contributed by atoms with Crippen LogP contribution < -0.4 is 15.8 Å². The van der Waals surface area contributed by atoms with E-state index < -0.39 is 0 Å². The second-order valence-corrected chi connectivity index (χ2v) is 4.17. The van der Waals surface area contributed by atoms with Crippen LogP contribution in [-0.2, 0) is 0 Å². The second-order valence-electron chi connectivity index (χ2n) is 3.74. The Balaban J connectivity index is 2.68. The minimum atomic E-state index is 0.476. The highest BCUT2D eigenvalue weighted by Gasteiger charge is 2.07. The molecule has 0 spiro atoms. The van der Waals surface area contributed by atoms with E-state index in [1.165, 1.54) is 0 Å². The highest BCUT2D eigenvalue weighted by atomic mass is 35.5.